The molecule has 1 aromatic heterocycles. The monoisotopic (exact) mass is 396 g/mol. The molecule has 0 atom stereocenters. The largest absolute Gasteiger partial charge is 0.378 e. The van der Waals surface area contributed by atoms with E-state index in [9.17, 15) is 4.79 Å². The lowest BCUT2D eigenvalue weighted by molar-refractivity contribution is -0.645. The highest BCUT2D eigenvalue weighted by Gasteiger charge is 2.17. The van der Waals surface area contributed by atoms with Crippen LogP contribution in [0.4, 0.5) is 11.4 Å². The summed E-state index contributed by atoms with van der Waals surface area (Å²) in [5.41, 5.74) is 5.37. The quantitative estimate of drug-likeness (QED) is 0.389. The lowest BCUT2D eigenvalue weighted by Gasteiger charge is -2.12. The Bertz CT molecular complexity index is 1270. The van der Waals surface area contributed by atoms with Crippen molar-refractivity contribution in [3.63, 3.8) is 0 Å². The Hall–Kier alpha value is -3.66. The van der Waals surface area contributed by atoms with Crippen LogP contribution < -0.4 is 14.8 Å². The van der Waals surface area contributed by atoms with E-state index >= 15 is 0 Å². The standard InChI is InChI=1S/C26H25N3O/c1-18(30)27-20-12-15-22-23-7-5-6-8-25(23)29(4)26(24(22)17-20)16-11-19-9-13-21(14-10-19)28(2)3/h5-17H,1-4H3/p+1. The van der Waals surface area contributed by atoms with Crippen molar-refractivity contribution in [3.05, 3.63) is 78.0 Å². The number of nitrogens with zero attached hydrogens (tertiary/aromatic N) is 2. The molecular formula is C26H26N3O+. The van der Waals surface area contributed by atoms with Crippen LogP contribution in [0.2, 0.25) is 0 Å². The van der Waals surface area contributed by atoms with Gasteiger partial charge in [0.2, 0.25) is 17.1 Å². The number of carbonyl (C=O) groups is 1. The highest BCUT2D eigenvalue weighted by molar-refractivity contribution is 6.08. The number of rotatable bonds is 4. The van der Waals surface area contributed by atoms with Crippen LogP contribution >= 0.6 is 0 Å². The third-order valence-corrected chi connectivity index (χ3v) is 5.38. The molecule has 1 N–H and O–H groups in total. The highest BCUT2D eigenvalue weighted by Crippen LogP contribution is 2.29. The molecule has 0 bridgehead atoms. The van der Waals surface area contributed by atoms with Gasteiger partial charge in [0.15, 0.2) is 0 Å². The van der Waals surface area contributed by atoms with Gasteiger partial charge in [-0.25, -0.2) is 0 Å². The summed E-state index contributed by atoms with van der Waals surface area (Å²) in [5, 5.41) is 6.36. The zero-order valence-electron chi connectivity index (χ0n) is 17.8. The molecule has 3 aromatic carbocycles. The molecule has 4 aromatic rings. The molecule has 4 rings (SSSR count). The number of anilines is 2. The Morgan fingerprint density at radius 1 is 0.900 bits per heavy atom. The molecule has 0 radical (unpaired) electrons. The molecule has 1 amide bonds. The van der Waals surface area contributed by atoms with E-state index in [1.165, 1.54) is 28.9 Å². The minimum Gasteiger partial charge on any atom is -0.378 e. The van der Waals surface area contributed by atoms with Crippen molar-refractivity contribution in [3.8, 4) is 0 Å². The van der Waals surface area contributed by atoms with Crippen molar-refractivity contribution in [2.75, 3.05) is 24.3 Å². The third kappa shape index (κ3) is 3.77. The molecule has 30 heavy (non-hydrogen) atoms. The van der Waals surface area contributed by atoms with E-state index in [2.05, 4.69) is 94.6 Å². The number of benzene rings is 3. The molecule has 4 heteroatoms. The van der Waals surface area contributed by atoms with Crippen LogP contribution in [0.25, 0.3) is 33.8 Å². The van der Waals surface area contributed by atoms with Crippen LogP contribution in [0.15, 0.2) is 66.7 Å². The molecule has 0 aliphatic heterocycles. The summed E-state index contributed by atoms with van der Waals surface area (Å²) >= 11 is 0. The summed E-state index contributed by atoms with van der Waals surface area (Å²) in [5.74, 6) is -0.0717. The third-order valence-electron chi connectivity index (χ3n) is 5.38. The Morgan fingerprint density at radius 2 is 1.63 bits per heavy atom. The molecule has 1 heterocycles. The smallest absolute Gasteiger partial charge is 0.221 e. The first-order valence-corrected chi connectivity index (χ1v) is 10.0. The summed E-state index contributed by atoms with van der Waals surface area (Å²) in [4.78, 5) is 13.7. The van der Waals surface area contributed by atoms with Gasteiger partial charge in [0.1, 0.15) is 7.05 Å². The minimum absolute atomic E-state index is 0.0717. The summed E-state index contributed by atoms with van der Waals surface area (Å²) in [7, 11) is 6.17. The van der Waals surface area contributed by atoms with Crippen LogP contribution in [-0.2, 0) is 11.8 Å². The molecule has 0 fully saturated rings. The van der Waals surface area contributed by atoms with Crippen molar-refractivity contribution in [1.82, 2.24) is 0 Å². The average molecular weight is 397 g/mol. The van der Waals surface area contributed by atoms with Gasteiger partial charge in [-0.1, -0.05) is 30.3 Å². The van der Waals surface area contributed by atoms with Gasteiger partial charge in [0.25, 0.3) is 0 Å². The van der Waals surface area contributed by atoms with Gasteiger partial charge in [0.05, 0.1) is 10.8 Å². The van der Waals surface area contributed by atoms with Gasteiger partial charge in [-0.3, -0.25) is 4.79 Å². The van der Waals surface area contributed by atoms with Gasteiger partial charge in [-0.15, -0.1) is 0 Å². The van der Waals surface area contributed by atoms with Crippen molar-refractivity contribution in [2.24, 2.45) is 7.05 Å². The number of aromatic nitrogens is 1. The van der Waals surface area contributed by atoms with Gasteiger partial charge < -0.3 is 10.2 Å². The van der Waals surface area contributed by atoms with Crippen LogP contribution in [0.3, 0.4) is 0 Å². The van der Waals surface area contributed by atoms with E-state index in [1.807, 2.05) is 20.2 Å². The van der Waals surface area contributed by atoms with Crippen LogP contribution in [-0.4, -0.2) is 20.0 Å². The maximum absolute atomic E-state index is 11.6. The van der Waals surface area contributed by atoms with E-state index in [4.69, 9.17) is 0 Å². The Labute approximate surface area is 177 Å². The van der Waals surface area contributed by atoms with E-state index < -0.39 is 0 Å². The zero-order chi connectivity index (χ0) is 21.3. The minimum atomic E-state index is -0.0717. The highest BCUT2D eigenvalue weighted by atomic mass is 16.1. The number of hydrogen-bond donors (Lipinski definition) is 1. The van der Waals surface area contributed by atoms with Gasteiger partial charge in [-0.05, 0) is 42.0 Å². The Balaban J connectivity index is 1.89. The molecule has 0 aliphatic carbocycles. The SMILES string of the molecule is CC(=O)Nc1ccc2c(c1)c(/C=C/c1ccc(N(C)C)cc1)[n+](C)c1ccccc21. The van der Waals surface area contributed by atoms with Gasteiger partial charge in [0, 0.05) is 49.9 Å². The van der Waals surface area contributed by atoms with Gasteiger partial charge in [-0.2, -0.15) is 4.57 Å². The molecule has 0 saturated carbocycles. The lowest BCUT2D eigenvalue weighted by atomic mass is 10.0. The lowest BCUT2D eigenvalue weighted by Crippen LogP contribution is -2.33. The average Bonchev–Trinajstić information content (AvgIpc) is 2.73. The summed E-state index contributed by atoms with van der Waals surface area (Å²) in [6.07, 6.45) is 4.28. The molecule has 0 spiro atoms. The predicted molar refractivity (Wildman–Crippen MR) is 127 cm³/mol. The first-order valence-electron chi connectivity index (χ1n) is 10.0. The van der Waals surface area contributed by atoms with E-state index in [0.717, 1.165) is 22.3 Å². The second-order valence-electron chi connectivity index (χ2n) is 7.72. The molecule has 0 saturated heterocycles. The fourth-order valence-corrected chi connectivity index (χ4v) is 3.84. The number of para-hydroxylation sites is 1. The normalized spacial score (nSPS) is 11.3. The molecule has 4 nitrogen and oxygen atoms in total. The fraction of sp³-hybridized carbons (Fsp3) is 0.154. The second-order valence-corrected chi connectivity index (χ2v) is 7.72. The predicted octanol–water partition coefficient (Wildman–Crippen LogP) is 5.01. The van der Waals surface area contributed by atoms with Crippen molar-refractivity contribution >= 4 is 51.1 Å². The van der Waals surface area contributed by atoms with Crippen LogP contribution in [0.1, 0.15) is 18.2 Å². The van der Waals surface area contributed by atoms with Crippen LogP contribution in [0, 0.1) is 0 Å². The first-order chi connectivity index (χ1) is 14.4. The summed E-state index contributed by atoms with van der Waals surface area (Å²) in [6, 6.07) is 23.0. The number of hydrogen-bond acceptors (Lipinski definition) is 2. The van der Waals surface area contributed by atoms with Crippen molar-refractivity contribution in [1.29, 1.82) is 0 Å². The number of fused-ring (bicyclic) bond motifs is 3. The van der Waals surface area contributed by atoms with Crippen molar-refractivity contribution < 1.29 is 9.36 Å². The Kier molecular flexibility index (Phi) is 5.23. The Morgan fingerprint density at radius 3 is 2.33 bits per heavy atom. The number of aryl methyl sites for hydroxylation is 1. The zero-order valence-corrected chi connectivity index (χ0v) is 17.8. The fourth-order valence-electron chi connectivity index (χ4n) is 3.84. The maximum atomic E-state index is 11.6. The molecule has 150 valence electrons. The van der Waals surface area contributed by atoms with Crippen LogP contribution in [0.5, 0.6) is 0 Å². The maximum Gasteiger partial charge on any atom is 0.221 e. The van der Waals surface area contributed by atoms with E-state index in [1.54, 1.807) is 0 Å². The molecular weight excluding hydrogens is 370 g/mol. The second kappa shape index (κ2) is 7.99. The molecule has 0 unspecified atom stereocenters. The summed E-state index contributed by atoms with van der Waals surface area (Å²) < 4.78 is 2.21. The van der Waals surface area contributed by atoms with E-state index in [0.29, 0.717) is 0 Å². The van der Waals surface area contributed by atoms with Gasteiger partial charge >= 0.3 is 0 Å². The number of nitrogens with one attached hydrogen (secondary N) is 1. The topological polar surface area (TPSA) is 36.2 Å². The molecule has 0 aliphatic rings. The van der Waals surface area contributed by atoms with E-state index in [-0.39, 0.29) is 5.91 Å². The van der Waals surface area contributed by atoms with Crippen molar-refractivity contribution in [2.45, 2.75) is 6.92 Å². The summed E-state index contributed by atoms with van der Waals surface area (Å²) in [6.45, 7) is 1.53. The number of amides is 1. The number of pyridine rings is 1. The first kappa shape index (κ1) is 19.6. The number of carbonyl (C=O) groups excluding carboxylic acids is 1.